The molecule has 0 unspecified atom stereocenters. The number of benzene rings is 2. The Morgan fingerprint density at radius 1 is 1.15 bits per heavy atom. The number of anilines is 2. The molecule has 20 heavy (non-hydrogen) atoms. The van der Waals surface area contributed by atoms with Crippen LogP contribution in [0.2, 0.25) is 5.02 Å². The lowest BCUT2D eigenvalue weighted by molar-refractivity contribution is -0.114. The van der Waals surface area contributed by atoms with E-state index in [0.29, 0.717) is 10.7 Å². The van der Waals surface area contributed by atoms with Gasteiger partial charge in [0.05, 0.1) is 11.6 Å². The van der Waals surface area contributed by atoms with E-state index in [2.05, 4.69) is 26.6 Å². The third-order valence-corrected chi connectivity index (χ3v) is 3.73. The lowest BCUT2D eigenvalue weighted by Gasteiger charge is -2.08. The van der Waals surface area contributed by atoms with Gasteiger partial charge in [0, 0.05) is 15.8 Å². The number of nitrogens with one attached hydrogen (secondary N) is 2. The molecule has 2 rings (SSSR count). The number of rotatable bonds is 4. The average Bonchev–Trinajstić information content (AvgIpc) is 2.43. The minimum atomic E-state index is -0.342. The molecule has 0 radical (unpaired) electrons. The molecular formula is C14H11BrClFN2O. The Morgan fingerprint density at radius 3 is 2.45 bits per heavy atom. The van der Waals surface area contributed by atoms with Crippen molar-refractivity contribution in [3.05, 3.63) is 57.8 Å². The fraction of sp³-hybridized carbons (Fsp3) is 0.0714. The Bertz CT molecular complexity index is 619. The quantitative estimate of drug-likeness (QED) is 0.857. The summed E-state index contributed by atoms with van der Waals surface area (Å²) in [6, 6.07) is 10.9. The second-order valence-electron chi connectivity index (χ2n) is 4.04. The Hall–Kier alpha value is -1.59. The zero-order chi connectivity index (χ0) is 14.5. The molecule has 0 aliphatic rings. The number of carbonyl (C=O) groups excluding carboxylic acids is 1. The molecule has 1 amide bonds. The van der Waals surface area contributed by atoms with Gasteiger partial charge in [-0.25, -0.2) is 4.39 Å². The van der Waals surface area contributed by atoms with Crippen LogP contribution in [-0.4, -0.2) is 12.5 Å². The lowest BCUT2D eigenvalue weighted by Crippen LogP contribution is -2.21. The number of hydrogen-bond acceptors (Lipinski definition) is 2. The molecule has 0 fully saturated rings. The van der Waals surface area contributed by atoms with Gasteiger partial charge in [-0.3, -0.25) is 4.79 Å². The van der Waals surface area contributed by atoms with E-state index < -0.39 is 0 Å². The second-order valence-corrected chi connectivity index (χ2v) is 5.30. The molecule has 0 saturated carbocycles. The van der Waals surface area contributed by atoms with Crippen LogP contribution in [-0.2, 0) is 4.79 Å². The molecule has 0 heterocycles. The summed E-state index contributed by atoms with van der Waals surface area (Å²) < 4.78 is 13.5. The van der Waals surface area contributed by atoms with Crippen LogP contribution in [0, 0.1) is 5.82 Å². The first-order chi connectivity index (χ1) is 9.54. The predicted molar refractivity (Wildman–Crippen MR) is 82.7 cm³/mol. The highest BCUT2D eigenvalue weighted by atomic mass is 79.9. The van der Waals surface area contributed by atoms with E-state index in [0.717, 1.165) is 10.2 Å². The highest BCUT2D eigenvalue weighted by Crippen LogP contribution is 2.25. The minimum Gasteiger partial charge on any atom is -0.376 e. The van der Waals surface area contributed by atoms with Crippen LogP contribution in [0.15, 0.2) is 46.9 Å². The number of carbonyl (C=O) groups is 1. The van der Waals surface area contributed by atoms with Gasteiger partial charge in [-0.2, -0.15) is 0 Å². The maximum absolute atomic E-state index is 12.7. The number of hydrogen-bond donors (Lipinski definition) is 2. The van der Waals surface area contributed by atoms with Gasteiger partial charge in [0.1, 0.15) is 5.82 Å². The first-order valence-electron chi connectivity index (χ1n) is 5.79. The van der Waals surface area contributed by atoms with E-state index in [1.165, 1.54) is 24.3 Å². The van der Waals surface area contributed by atoms with Crippen molar-refractivity contribution in [3.63, 3.8) is 0 Å². The lowest BCUT2D eigenvalue weighted by atomic mass is 10.3. The van der Waals surface area contributed by atoms with Crippen molar-refractivity contribution in [2.45, 2.75) is 0 Å². The average molecular weight is 358 g/mol. The zero-order valence-electron chi connectivity index (χ0n) is 10.3. The predicted octanol–water partition coefficient (Wildman–Crippen LogP) is 4.29. The van der Waals surface area contributed by atoms with E-state index >= 15 is 0 Å². The fourth-order valence-corrected chi connectivity index (χ4v) is 1.95. The normalized spacial score (nSPS) is 10.2. The zero-order valence-corrected chi connectivity index (χ0v) is 12.6. The summed E-state index contributed by atoms with van der Waals surface area (Å²) in [6.45, 7) is 0.0926. The molecule has 0 aliphatic carbocycles. The van der Waals surface area contributed by atoms with Gasteiger partial charge in [0.15, 0.2) is 0 Å². The molecule has 0 aliphatic heterocycles. The third-order valence-electron chi connectivity index (χ3n) is 2.50. The van der Waals surface area contributed by atoms with E-state index in [4.69, 9.17) is 11.6 Å². The molecule has 2 aromatic rings. The molecule has 2 aromatic carbocycles. The summed E-state index contributed by atoms with van der Waals surface area (Å²) >= 11 is 9.24. The smallest absolute Gasteiger partial charge is 0.243 e. The third kappa shape index (κ3) is 4.21. The first-order valence-corrected chi connectivity index (χ1v) is 6.96. The number of amides is 1. The summed E-state index contributed by atoms with van der Waals surface area (Å²) in [7, 11) is 0. The molecule has 0 aromatic heterocycles. The van der Waals surface area contributed by atoms with E-state index in [1.54, 1.807) is 18.2 Å². The maximum atomic E-state index is 12.7. The van der Waals surface area contributed by atoms with Crippen molar-refractivity contribution in [2.24, 2.45) is 0 Å². The van der Waals surface area contributed by atoms with Gasteiger partial charge in [-0.05, 0) is 58.4 Å². The summed E-state index contributed by atoms with van der Waals surface area (Å²) in [5.74, 6) is -0.568. The van der Waals surface area contributed by atoms with Gasteiger partial charge in [-0.1, -0.05) is 11.6 Å². The fourth-order valence-electron chi connectivity index (χ4n) is 1.53. The minimum absolute atomic E-state index is 0.0926. The highest BCUT2D eigenvalue weighted by Gasteiger charge is 2.04. The standard InChI is InChI=1S/C14H11BrClFN2O/c15-12-6-5-11(7-13(12)16)18-8-14(20)19-10-3-1-9(17)2-4-10/h1-7,18H,8H2,(H,19,20). The van der Waals surface area contributed by atoms with E-state index in [9.17, 15) is 9.18 Å². The van der Waals surface area contributed by atoms with E-state index in [1.807, 2.05) is 0 Å². The van der Waals surface area contributed by atoms with Gasteiger partial charge in [-0.15, -0.1) is 0 Å². The van der Waals surface area contributed by atoms with Crippen LogP contribution < -0.4 is 10.6 Å². The second kappa shape index (κ2) is 6.72. The molecule has 0 bridgehead atoms. The number of halogens is 3. The van der Waals surface area contributed by atoms with Gasteiger partial charge < -0.3 is 10.6 Å². The Kier molecular flexibility index (Phi) is 4.98. The van der Waals surface area contributed by atoms with Crippen LogP contribution in [0.4, 0.5) is 15.8 Å². The first kappa shape index (κ1) is 14.8. The van der Waals surface area contributed by atoms with Crippen molar-refractivity contribution in [3.8, 4) is 0 Å². The molecule has 0 atom stereocenters. The van der Waals surface area contributed by atoms with Crippen LogP contribution in [0.5, 0.6) is 0 Å². The summed E-state index contributed by atoms with van der Waals surface area (Å²) in [6.07, 6.45) is 0. The van der Waals surface area contributed by atoms with E-state index in [-0.39, 0.29) is 18.3 Å². The largest absolute Gasteiger partial charge is 0.376 e. The van der Waals surface area contributed by atoms with Crippen LogP contribution in [0.3, 0.4) is 0 Å². The van der Waals surface area contributed by atoms with Crippen LogP contribution in [0.1, 0.15) is 0 Å². The Labute approximate surface area is 129 Å². The Morgan fingerprint density at radius 2 is 1.80 bits per heavy atom. The summed E-state index contributed by atoms with van der Waals surface area (Å²) in [5, 5.41) is 6.17. The summed E-state index contributed by atoms with van der Waals surface area (Å²) in [5.41, 5.74) is 1.29. The van der Waals surface area contributed by atoms with Crippen LogP contribution in [0.25, 0.3) is 0 Å². The molecule has 0 spiro atoms. The highest BCUT2D eigenvalue weighted by molar-refractivity contribution is 9.10. The summed E-state index contributed by atoms with van der Waals surface area (Å²) in [4.78, 5) is 11.7. The van der Waals surface area contributed by atoms with Crippen molar-refractivity contribution >= 4 is 44.8 Å². The SMILES string of the molecule is O=C(CNc1ccc(Br)c(Cl)c1)Nc1ccc(F)cc1. The van der Waals surface area contributed by atoms with Gasteiger partial charge in [0.25, 0.3) is 0 Å². The molecule has 0 saturated heterocycles. The van der Waals surface area contributed by atoms with Crippen molar-refractivity contribution in [2.75, 3.05) is 17.2 Å². The van der Waals surface area contributed by atoms with Crippen molar-refractivity contribution < 1.29 is 9.18 Å². The monoisotopic (exact) mass is 356 g/mol. The molecule has 104 valence electrons. The molecule has 2 N–H and O–H groups in total. The molecule has 3 nitrogen and oxygen atoms in total. The molecular weight excluding hydrogens is 347 g/mol. The van der Waals surface area contributed by atoms with Gasteiger partial charge in [0.2, 0.25) is 5.91 Å². The topological polar surface area (TPSA) is 41.1 Å². The Balaban J connectivity index is 1.88. The maximum Gasteiger partial charge on any atom is 0.243 e. The van der Waals surface area contributed by atoms with Crippen molar-refractivity contribution in [1.82, 2.24) is 0 Å². The van der Waals surface area contributed by atoms with Gasteiger partial charge >= 0.3 is 0 Å². The van der Waals surface area contributed by atoms with Crippen molar-refractivity contribution in [1.29, 1.82) is 0 Å². The van der Waals surface area contributed by atoms with Crippen LogP contribution >= 0.6 is 27.5 Å². The molecule has 6 heteroatoms.